The fourth-order valence-electron chi connectivity index (χ4n) is 2.52. The Kier molecular flexibility index (Phi) is 6.28. The van der Waals surface area contributed by atoms with Crippen LogP contribution in [0.4, 0.5) is 10.8 Å². The Morgan fingerprint density at radius 3 is 2.71 bits per heavy atom. The van der Waals surface area contributed by atoms with Crippen LogP contribution in [0.15, 0.2) is 47.2 Å². The first-order chi connectivity index (χ1) is 13.4. The zero-order chi connectivity index (χ0) is 20.3. The third-order valence-corrected chi connectivity index (χ3v) is 6.03. The van der Waals surface area contributed by atoms with Crippen molar-refractivity contribution in [2.45, 2.75) is 6.92 Å². The molecule has 28 heavy (non-hydrogen) atoms. The largest absolute Gasteiger partial charge is 0.497 e. The summed E-state index contributed by atoms with van der Waals surface area (Å²) >= 11 is 7.79. The van der Waals surface area contributed by atoms with Crippen LogP contribution < -0.4 is 9.64 Å². The lowest BCUT2D eigenvalue weighted by molar-refractivity contribution is -0.121. The van der Waals surface area contributed by atoms with E-state index in [9.17, 15) is 9.59 Å². The number of carbonyl (C=O) groups excluding carboxylic acids is 2. The van der Waals surface area contributed by atoms with E-state index in [0.717, 1.165) is 0 Å². The number of thiocarbonyl (C=S) groups is 1. The molecule has 0 spiro atoms. The highest BCUT2D eigenvalue weighted by molar-refractivity contribution is 8.26. The van der Waals surface area contributed by atoms with Gasteiger partial charge in [-0.2, -0.15) is 0 Å². The molecule has 6 nitrogen and oxygen atoms in total. The molecule has 1 aromatic heterocycles. The van der Waals surface area contributed by atoms with E-state index < -0.39 is 0 Å². The Hall–Kier alpha value is -2.49. The highest BCUT2D eigenvalue weighted by Crippen LogP contribution is 2.34. The fraction of sp³-hybridized carbons (Fsp3) is 0.158. The highest BCUT2D eigenvalue weighted by atomic mass is 32.2. The van der Waals surface area contributed by atoms with Crippen molar-refractivity contribution in [1.82, 2.24) is 9.88 Å². The predicted molar refractivity (Wildman–Crippen MR) is 118 cm³/mol. The number of anilines is 2. The van der Waals surface area contributed by atoms with Crippen molar-refractivity contribution >= 4 is 68.3 Å². The van der Waals surface area contributed by atoms with E-state index in [2.05, 4.69) is 11.6 Å². The van der Waals surface area contributed by atoms with Crippen LogP contribution in [0.3, 0.4) is 0 Å². The van der Waals surface area contributed by atoms with E-state index in [1.807, 2.05) is 0 Å². The average molecular weight is 432 g/mol. The van der Waals surface area contributed by atoms with Gasteiger partial charge >= 0.3 is 0 Å². The summed E-state index contributed by atoms with van der Waals surface area (Å²) in [5.74, 6) is 0.375. The van der Waals surface area contributed by atoms with Crippen molar-refractivity contribution in [1.29, 1.82) is 0 Å². The van der Waals surface area contributed by atoms with Crippen molar-refractivity contribution in [3.8, 4) is 5.75 Å². The van der Waals surface area contributed by atoms with Gasteiger partial charge in [0.25, 0.3) is 5.91 Å². The van der Waals surface area contributed by atoms with Gasteiger partial charge in [0, 0.05) is 18.8 Å². The molecule has 0 aliphatic carbocycles. The van der Waals surface area contributed by atoms with E-state index in [-0.39, 0.29) is 11.8 Å². The maximum absolute atomic E-state index is 12.4. The van der Waals surface area contributed by atoms with Crippen LogP contribution in [0, 0.1) is 0 Å². The summed E-state index contributed by atoms with van der Waals surface area (Å²) in [7, 11) is 1.59. The van der Waals surface area contributed by atoms with Crippen LogP contribution in [-0.2, 0) is 9.59 Å². The van der Waals surface area contributed by atoms with Gasteiger partial charge in [0.05, 0.1) is 23.4 Å². The number of methoxy groups -OCH3 is 1. The summed E-state index contributed by atoms with van der Waals surface area (Å²) in [6.07, 6.45) is 3.32. The molecule has 1 saturated heterocycles. The SMILES string of the molecule is C=CCN1C(=O)/C(=C/c2csc(N(C(C)=O)c3ccc(OC)cc3)n2)SC1=S. The molecule has 1 aliphatic heterocycles. The first-order valence-electron chi connectivity index (χ1n) is 8.21. The minimum absolute atomic E-state index is 0.164. The van der Waals surface area contributed by atoms with Gasteiger partial charge in [0.1, 0.15) is 10.1 Å². The maximum atomic E-state index is 12.4. The molecule has 1 aliphatic rings. The Morgan fingerprint density at radius 1 is 1.39 bits per heavy atom. The second-order valence-electron chi connectivity index (χ2n) is 5.69. The number of nitrogens with zero attached hydrogens (tertiary/aromatic N) is 3. The van der Waals surface area contributed by atoms with Crippen molar-refractivity contribution in [3.05, 3.63) is 52.9 Å². The normalized spacial score (nSPS) is 15.2. The number of amides is 2. The van der Waals surface area contributed by atoms with Gasteiger partial charge in [0.2, 0.25) is 5.91 Å². The summed E-state index contributed by atoms with van der Waals surface area (Å²) in [5, 5.41) is 2.32. The lowest BCUT2D eigenvalue weighted by atomic mass is 10.3. The van der Waals surface area contributed by atoms with Gasteiger partial charge < -0.3 is 4.74 Å². The standard InChI is InChI=1S/C19H17N3O3S3/c1-4-9-21-17(24)16(28-19(21)26)10-13-11-27-18(20-13)22(12(2)23)14-5-7-15(25-3)8-6-14/h4-8,10-11H,1,9H2,2-3H3/b16-10-. The van der Waals surface area contributed by atoms with E-state index >= 15 is 0 Å². The van der Waals surface area contributed by atoms with E-state index in [4.69, 9.17) is 17.0 Å². The van der Waals surface area contributed by atoms with Crippen molar-refractivity contribution in [2.75, 3.05) is 18.6 Å². The van der Waals surface area contributed by atoms with Crippen molar-refractivity contribution in [2.24, 2.45) is 0 Å². The van der Waals surface area contributed by atoms with Gasteiger partial charge in [-0.1, -0.05) is 30.1 Å². The fourth-order valence-corrected chi connectivity index (χ4v) is 4.63. The minimum atomic E-state index is -0.164. The van der Waals surface area contributed by atoms with Gasteiger partial charge in [-0.3, -0.25) is 19.4 Å². The number of thiazole rings is 1. The molecule has 0 radical (unpaired) electrons. The molecular formula is C19H17N3O3S3. The molecular weight excluding hydrogens is 414 g/mol. The number of hydrogen-bond donors (Lipinski definition) is 0. The number of carbonyl (C=O) groups is 2. The number of benzene rings is 1. The molecule has 1 aromatic carbocycles. The van der Waals surface area contributed by atoms with Gasteiger partial charge in [-0.25, -0.2) is 4.98 Å². The first-order valence-corrected chi connectivity index (χ1v) is 10.3. The van der Waals surface area contributed by atoms with Crippen molar-refractivity contribution < 1.29 is 14.3 Å². The molecule has 0 atom stereocenters. The first kappa shape index (κ1) is 20.2. The predicted octanol–water partition coefficient (Wildman–Crippen LogP) is 4.22. The Morgan fingerprint density at radius 2 is 2.11 bits per heavy atom. The summed E-state index contributed by atoms with van der Waals surface area (Å²) in [6, 6.07) is 7.15. The van der Waals surface area contributed by atoms with Gasteiger partial charge in [-0.05, 0) is 30.3 Å². The van der Waals surface area contributed by atoms with Gasteiger partial charge in [0.15, 0.2) is 5.13 Å². The Balaban J connectivity index is 1.87. The van der Waals surface area contributed by atoms with E-state index in [1.54, 1.807) is 48.9 Å². The summed E-state index contributed by atoms with van der Waals surface area (Å²) in [4.78, 5) is 32.7. The van der Waals surface area contributed by atoms with Crippen LogP contribution in [0.25, 0.3) is 6.08 Å². The average Bonchev–Trinajstić information content (AvgIpc) is 3.22. The van der Waals surface area contributed by atoms with Crippen LogP contribution in [-0.4, -0.2) is 39.7 Å². The Labute approximate surface area is 176 Å². The number of ether oxygens (including phenoxy) is 1. The summed E-state index contributed by atoms with van der Waals surface area (Å²) in [6.45, 7) is 5.50. The molecule has 2 amide bonds. The zero-order valence-electron chi connectivity index (χ0n) is 15.2. The molecule has 0 bridgehead atoms. The van der Waals surface area contributed by atoms with E-state index in [1.165, 1.54) is 39.8 Å². The van der Waals surface area contributed by atoms with Crippen LogP contribution in [0.1, 0.15) is 12.6 Å². The van der Waals surface area contributed by atoms with Crippen LogP contribution in [0.2, 0.25) is 0 Å². The monoisotopic (exact) mass is 431 g/mol. The van der Waals surface area contributed by atoms with Crippen LogP contribution >= 0.6 is 35.3 Å². The third kappa shape index (κ3) is 4.16. The molecule has 3 rings (SSSR count). The Bertz CT molecular complexity index is 966. The molecule has 1 fully saturated rings. The molecule has 2 heterocycles. The minimum Gasteiger partial charge on any atom is -0.497 e. The van der Waals surface area contributed by atoms with Crippen LogP contribution in [0.5, 0.6) is 5.75 Å². The lowest BCUT2D eigenvalue weighted by Crippen LogP contribution is -2.27. The molecule has 0 saturated carbocycles. The topological polar surface area (TPSA) is 62.7 Å². The molecule has 0 unspecified atom stereocenters. The smallest absolute Gasteiger partial charge is 0.266 e. The molecule has 0 N–H and O–H groups in total. The number of rotatable bonds is 6. The lowest BCUT2D eigenvalue weighted by Gasteiger charge is -2.18. The molecule has 9 heteroatoms. The van der Waals surface area contributed by atoms with Gasteiger partial charge in [-0.15, -0.1) is 17.9 Å². The maximum Gasteiger partial charge on any atom is 0.266 e. The zero-order valence-corrected chi connectivity index (χ0v) is 17.7. The molecule has 144 valence electrons. The van der Waals surface area contributed by atoms with E-state index in [0.29, 0.717) is 38.0 Å². The third-order valence-electron chi connectivity index (χ3n) is 3.81. The highest BCUT2D eigenvalue weighted by Gasteiger charge is 2.31. The summed E-state index contributed by atoms with van der Waals surface area (Å²) in [5.41, 5.74) is 1.28. The number of thioether (sulfide) groups is 1. The molecule has 2 aromatic rings. The number of hydrogen-bond acceptors (Lipinski definition) is 7. The number of aromatic nitrogens is 1. The second-order valence-corrected chi connectivity index (χ2v) is 8.20. The summed E-state index contributed by atoms with van der Waals surface area (Å²) < 4.78 is 5.65. The quantitative estimate of drug-likeness (QED) is 0.388. The van der Waals surface area contributed by atoms with Crippen molar-refractivity contribution in [3.63, 3.8) is 0 Å². The second kappa shape index (κ2) is 8.68.